The fourth-order valence-corrected chi connectivity index (χ4v) is 2.13. The Morgan fingerprint density at radius 2 is 1.95 bits per heavy atom. The number of carboxylic acids is 1. The Hall–Kier alpha value is -1.35. The van der Waals surface area contributed by atoms with E-state index in [1.165, 1.54) is 13.8 Å². The summed E-state index contributed by atoms with van der Waals surface area (Å²) in [7, 11) is -3.36. The van der Waals surface area contributed by atoms with Gasteiger partial charge in [-0.1, -0.05) is 0 Å². The highest BCUT2D eigenvalue weighted by Crippen LogP contribution is 2.19. The summed E-state index contributed by atoms with van der Waals surface area (Å²) in [6.07, 6.45) is 0.154. The van der Waals surface area contributed by atoms with Crippen molar-refractivity contribution in [1.82, 2.24) is 10.2 Å². The number of aliphatic hydroxyl groups is 1. The van der Waals surface area contributed by atoms with Crippen LogP contribution in [0.2, 0.25) is 0 Å². The Morgan fingerprint density at radius 3 is 2.40 bits per heavy atom. The lowest BCUT2D eigenvalue weighted by molar-refractivity contribution is -0.141. The molecular weight excluding hydrogens is 288 g/mol. The summed E-state index contributed by atoms with van der Waals surface area (Å²) >= 11 is 0. The number of nitrogens with one attached hydrogen (secondary N) is 1. The third kappa shape index (κ3) is 3.60. The molecule has 2 amide bonds. The lowest BCUT2D eigenvalue weighted by Crippen LogP contribution is -2.51. The van der Waals surface area contributed by atoms with Crippen LogP contribution >= 0.6 is 0 Å². The molecule has 3 N–H and O–H groups in total. The Kier molecular flexibility index (Phi) is 4.65. The third-order valence-electron chi connectivity index (χ3n) is 3.49. The predicted molar refractivity (Wildman–Crippen MR) is 71.1 cm³/mol. The zero-order chi connectivity index (χ0) is 15.7. The van der Waals surface area contributed by atoms with Crippen LogP contribution in [0.25, 0.3) is 0 Å². The van der Waals surface area contributed by atoms with E-state index in [1.807, 2.05) is 0 Å². The number of hydrogen-bond donors (Lipinski definition) is 3. The smallest absolute Gasteiger partial charge is 0.326 e. The number of carboxylic acid groups (broad SMARTS) is 1. The van der Waals surface area contributed by atoms with Crippen LogP contribution in [0.1, 0.15) is 20.3 Å². The SMILES string of the molecule is CC(C)(CNC(=O)N1C[C@@H](O)C[C@H]1C(=O)O)S(C)(=O)=O. The van der Waals surface area contributed by atoms with Gasteiger partial charge >= 0.3 is 12.0 Å². The van der Waals surface area contributed by atoms with E-state index in [0.717, 1.165) is 11.2 Å². The number of amides is 2. The Bertz CT molecular complexity index is 501. The molecule has 0 unspecified atom stereocenters. The maximum absolute atomic E-state index is 11.9. The first-order chi connectivity index (χ1) is 8.95. The monoisotopic (exact) mass is 308 g/mol. The zero-order valence-electron chi connectivity index (χ0n) is 11.7. The van der Waals surface area contributed by atoms with E-state index in [1.54, 1.807) is 0 Å². The van der Waals surface area contributed by atoms with Gasteiger partial charge in [0.2, 0.25) is 0 Å². The molecule has 0 aromatic rings. The number of nitrogens with zero attached hydrogens (tertiary/aromatic N) is 1. The molecule has 1 heterocycles. The molecule has 2 atom stereocenters. The van der Waals surface area contributed by atoms with E-state index in [9.17, 15) is 23.1 Å². The van der Waals surface area contributed by atoms with Gasteiger partial charge in [-0.2, -0.15) is 0 Å². The quantitative estimate of drug-likeness (QED) is 0.614. The first kappa shape index (κ1) is 16.7. The maximum atomic E-state index is 11.9. The van der Waals surface area contributed by atoms with Crippen molar-refractivity contribution in [1.29, 1.82) is 0 Å². The van der Waals surface area contributed by atoms with Crippen LogP contribution in [0.5, 0.6) is 0 Å². The van der Waals surface area contributed by atoms with Crippen LogP contribution in [0.3, 0.4) is 0 Å². The second-order valence-corrected chi connectivity index (χ2v) is 8.24. The van der Waals surface area contributed by atoms with Gasteiger partial charge in [-0.25, -0.2) is 18.0 Å². The summed E-state index contributed by atoms with van der Waals surface area (Å²) in [5, 5.41) is 20.8. The first-order valence-corrected chi connectivity index (χ1v) is 8.00. The molecule has 0 radical (unpaired) electrons. The zero-order valence-corrected chi connectivity index (χ0v) is 12.5. The van der Waals surface area contributed by atoms with E-state index in [0.29, 0.717) is 0 Å². The number of carbonyl (C=O) groups excluding carboxylic acids is 1. The average Bonchev–Trinajstić information content (AvgIpc) is 2.67. The molecule has 0 bridgehead atoms. The highest BCUT2D eigenvalue weighted by atomic mass is 32.2. The number of urea groups is 1. The number of hydrogen-bond acceptors (Lipinski definition) is 5. The number of carbonyl (C=O) groups is 2. The summed E-state index contributed by atoms with van der Waals surface area (Å²) in [5.41, 5.74) is 0. The number of rotatable bonds is 4. The number of β-amino-alcohol motifs (C(OH)–C–C–N with tert-alkyl or cyclic N) is 1. The van der Waals surface area contributed by atoms with Gasteiger partial charge < -0.3 is 20.4 Å². The summed E-state index contributed by atoms with van der Waals surface area (Å²) in [4.78, 5) is 23.9. The topological polar surface area (TPSA) is 124 Å². The molecule has 0 aromatic carbocycles. The van der Waals surface area contributed by atoms with Crippen molar-refractivity contribution in [3.63, 3.8) is 0 Å². The van der Waals surface area contributed by atoms with E-state index in [2.05, 4.69) is 5.32 Å². The van der Waals surface area contributed by atoms with Crippen LogP contribution in [0.4, 0.5) is 4.79 Å². The number of likely N-dealkylation sites (tertiary alicyclic amines) is 1. The molecule has 9 heteroatoms. The minimum Gasteiger partial charge on any atom is -0.480 e. The minimum atomic E-state index is -3.36. The molecule has 1 saturated heterocycles. The van der Waals surface area contributed by atoms with Gasteiger partial charge in [-0.15, -0.1) is 0 Å². The number of sulfone groups is 1. The van der Waals surface area contributed by atoms with Gasteiger partial charge in [0.05, 0.1) is 10.9 Å². The normalized spacial score (nSPS) is 23.7. The summed E-state index contributed by atoms with van der Waals surface area (Å²) < 4.78 is 21.9. The van der Waals surface area contributed by atoms with Crippen LogP contribution in [-0.2, 0) is 14.6 Å². The van der Waals surface area contributed by atoms with Crippen molar-refractivity contribution in [2.45, 2.75) is 37.2 Å². The number of aliphatic carboxylic acids is 1. The fourth-order valence-electron chi connectivity index (χ4n) is 1.79. The molecule has 20 heavy (non-hydrogen) atoms. The standard InChI is InChI=1S/C11H20N2O6S/c1-11(2,20(3,18)19)6-12-10(17)13-5-7(14)4-8(13)9(15)16/h7-8,14H,4-6H2,1-3H3,(H,12,17)(H,15,16)/t7-,8-/m0/s1. The molecular formula is C11H20N2O6S. The van der Waals surface area contributed by atoms with Crippen molar-refractivity contribution in [2.75, 3.05) is 19.3 Å². The second-order valence-electron chi connectivity index (χ2n) is 5.59. The van der Waals surface area contributed by atoms with Crippen molar-refractivity contribution >= 4 is 21.8 Å². The van der Waals surface area contributed by atoms with Crippen molar-refractivity contribution in [2.24, 2.45) is 0 Å². The van der Waals surface area contributed by atoms with Crippen molar-refractivity contribution < 1.29 is 28.2 Å². The molecule has 0 saturated carbocycles. The molecule has 0 spiro atoms. The van der Waals surface area contributed by atoms with E-state index in [-0.39, 0.29) is 19.5 Å². The van der Waals surface area contributed by atoms with E-state index >= 15 is 0 Å². The Balaban J connectivity index is 2.70. The summed E-state index contributed by atoms with van der Waals surface area (Å²) in [6, 6.07) is -1.78. The van der Waals surface area contributed by atoms with Gasteiger partial charge in [0, 0.05) is 25.8 Å². The molecule has 1 aliphatic rings. The number of aliphatic hydroxyl groups excluding tert-OH is 1. The first-order valence-electron chi connectivity index (χ1n) is 6.10. The van der Waals surface area contributed by atoms with Crippen LogP contribution < -0.4 is 5.32 Å². The van der Waals surface area contributed by atoms with Crippen LogP contribution in [-0.4, -0.2) is 71.8 Å². The van der Waals surface area contributed by atoms with Gasteiger partial charge in [-0.3, -0.25) is 0 Å². The van der Waals surface area contributed by atoms with Crippen molar-refractivity contribution in [3.8, 4) is 0 Å². The molecule has 116 valence electrons. The molecule has 0 aliphatic carbocycles. The summed E-state index contributed by atoms with van der Waals surface area (Å²) in [6.45, 7) is 2.72. The predicted octanol–water partition coefficient (Wildman–Crippen LogP) is -0.961. The minimum absolute atomic E-state index is 0.0295. The molecule has 0 aromatic heterocycles. The molecule has 1 aliphatic heterocycles. The van der Waals surface area contributed by atoms with Crippen LogP contribution in [0.15, 0.2) is 0 Å². The largest absolute Gasteiger partial charge is 0.480 e. The fraction of sp³-hybridized carbons (Fsp3) is 0.818. The van der Waals surface area contributed by atoms with Gasteiger partial charge in [0.15, 0.2) is 9.84 Å². The Labute approximate surface area is 117 Å². The highest BCUT2D eigenvalue weighted by molar-refractivity contribution is 7.92. The van der Waals surface area contributed by atoms with Gasteiger partial charge in [0.25, 0.3) is 0 Å². The van der Waals surface area contributed by atoms with Crippen LogP contribution in [0, 0.1) is 0 Å². The van der Waals surface area contributed by atoms with Crippen molar-refractivity contribution in [3.05, 3.63) is 0 Å². The third-order valence-corrected chi connectivity index (χ3v) is 5.65. The molecule has 1 rings (SSSR count). The lowest BCUT2D eigenvalue weighted by Gasteiger charge is -2.26. The molecule has 1 fully saturated rings. The van der Waals surface area contributed by atoms with Gasteiger partial charge in [-0.05, 0) is 13.8 Å². The maximum Gasteiger partial charge on any atom is 0.326 e. The second kappa shape index (κ2) is 5.57. The van der Waals surface area contributed by atoms with E-state index in [4.69, 9.17) is 5.11 Å². The average molecular weight is 308 g/mol. The van der Waals surface area contributed by atoms with Gasteiger partial charge in [0.1, 0.15) is 6.04 Å². The summed E-state index contributed by atoms with van der Waals surface area (Å²) in [5.74, 6) is -1.20. The lowest BCUT2D eigenvalue weighted by atomic mass is 10.2. The van der Waals surface area contributed by atoms with E-state index < -0.39 is 38.7 Å². The Morgan fingerprint density at radius 1 is 1.40 bits per heavy atom. The molecule has 8 nitrogen and oxygen atoms in total. The highest BCUT2D eigenvalue weighted by Gasteiger charge is 2.40.